The Morgan fingerprint density at radius 2 is 1.93 bits per heavy atom. The van der Waals surface area contributed by atoms with E-state index in [2.05, 4.69) is 15.2 Å². The number of amides is 2. The van der Waals surface area contributed by atoms with Gasteiger partial charge in [0.2, 0.25) is 11.8 Å². The lowest BCUT2D eigenvalue weighted by atomic mass is 9.95. The largest absolute Gasteiger partial charge is 0.365 e. The maximum absolute atomic E-state index is 12.3. The van der Waals surface area contributed by atoms with E-state index in [0.717, 1.165) is 31.2 Å². The number of pyridine rings is 1. The van der Waals surface area contributed by atoms with Crippen LogP contribution in [0.2, 0.25) is 0 Å². The minimum Gasteiger partial charge on any atom is -0.365 e. The lowest BCUT2D eigenvalue weighted by Gasteiger charge is -2.38. The Morgan fingerprint density at radius 3 is 2.66 bits per heavy atom. The smallest absolute Gasteiger partial charge is 0.248 e. The first-order chi connectivity index (χ1) is 14.2. The van der Waals surface area contributed by atoms with Gasteiger partial charge < -0.3 is 19.9 Å². The zero-order valence-corrected chi connectivity index (χ0v) is 17.1. The van der Waals surface area contributed by atoms with E-state index in [1.54, 1.807) is 6.20 Å². The SMILES string of the molecule is O=C(Cc1ccccn1)NCC1CN(CC2CCN(CC3CC3)CC2)C(=O)CO1. The maximum atomic E-state index is 12.3. The molecule has 2 saturated heterocycles. The average molecular weight is 401 g/mol. The van der Waals surface area contributed by atoms with Crippen LogP contribution in [0.5, 0.6) is 0 Å². The summed E-state index contributed by atoms with van der Waals surface area (Å²) in [4.78, 5) is 33.2. The van der Waals surface area contributed by atoms with E-state index in [4.69, 9.17) is 4.74 Å². The van der Waals surface area contributed by atoms with Crippen molar-refractivity contribution in [2.24, 2.45) is 11.8 Å². The van der Waals surface area contributed by atoms with Crippen LogP contribution in [0.4, 0.5) is 0 Å². The number of rotatable bonds is 8. The number of piperidine rings is 1. The van der Waals surface area contributed by atoms with Crippen molar-refractivity contribution in [1.82, 2.24) is 20.1 Å². The molecule has 2 aliphatic heterocycles. The zero-order chi connectivity index (χ0) is 20.1. The monoisotopic (exact) mass is 400 g/mol. The van der Waals surface area contributed by atoms with Gasteiger partial charge in [0.25, 0.3) is 0 Å². The summed E-state index contributed by atoms with van der Waals surface area (Å²) in [5, 5.41) is 2.92. The molecule has 3 heterocycles. The quantitative estimate of drug-likeness (QED) is 0.707. The fraction of sp³-hybridized carbons (Fsp3) is 0.682. The van der Waals surface area contributed by atoms with Crippen LogP contribution in [0.15, 0.2) is 24.4 Å². The summed E-state index contributed by atoms with van der Waals surface area (Å²) in [6.45, 7) is 5.50. The van der Waals surface area contributed by atoms with E-state index in [0.29, 0.717) is 19.0 Å². The highest BCUT2D eigenvalue weighted by atomic mass is 16.5. The third-order valence-corrected chi connectivity index (χ3v) is 6.21. The first-order valence-corrected chi connectivity index (χ1v) is 10.9. The van der Waals surface area contributed by atoms with Crippen LogP contribution in [0.1, 0.15) is 31.4 Å². The fourth-order valence-corrected chi connectivity index (χ4v) is 4.27. The number of likely N-dealkylation sites (tertiary alicyclic amines) is 1. The molecule has 0 radical (unpaired) electrons. The van der Waals surface area contributed by atoms with Gasteiger partial charge in [-0.15, -0.1) is 0 Å². The molecular formula is C22H32N4O3. The standard InChI is InChI=1S/C22H32N4O3/c27-21(11-19-3-1-2-8-23-19)24-12-20-15-26(22(28)16-29-20)14-18-6-9-25(10-7-18)13-17-4-5-17/h1-3,8,17-18,20H,4-7,9-16H2,(H,24,27). The van der Waals surface area contributed by atoms with E-state index < -0.39 is 0 Å². The molecule has 1 aromatic rings. The Hall–Kier alpha value is -1.99. The summed E-state index contributed by atoms with van der Waals surface area (Å²) >= 11 is 0. The van der Waals surface area contributed by atoms with Crippen molar-refractivity contribution in [3.8, 4) is 0 Å². The van der Waals surface area contributed by atoms with Gasteiger partial charge in [-0.1, -0.05) is 6.07 Å². The van der Waals surface area contributed by atoms with Crippen LogP contribution < -0.4 is 5.32 Å². The van der Waals surface area contributed by atoms with Gasteiger partial charge in [-0.05, 0) is 62.7 Å². The first kappa shape index (κ1) is 20.3. The molecule has 2 amide bonds. The van der Waals surface area contributed by atoms with Crippen LogP contribution in [0.25, 0.3) is 0 Å². The summed E-state index contributed by atoms with van der Waals surface area (Å²) in [5.74, 6) is 1.52. The Morgan fingerprint density at radius 1 is 1.14 bits per heavy atom. The Bertz CT molecular complexity index is 687. The van der Waals surface area contributed by atoms with Crippen molar-refractivity contribution in [2.75, 3.05) is 45.9 Å². The van der Waals surface area contributed by atoms with Gasteiger partial charge in [0, 0.05) is 38.1 Å². The van der Waals surface area contributed by atoms with E-state index >= 15 is 0 Å². The highest BCUT2D eigenvalue weighted by Crippen LogP contribution is 2.31. The molecule has 158 valence electrons. The van der Waals surface area contributed by atoms with Gasteiger partial charge in [-0.25, -0.2) is 0 Å². The van der Waals surface area contributed by atoms with Crippen LogP contribution in [0, 0.1) is 11.8 Å². The molecule has 1 atom stereocenters. The second-order valence-corrected chi connectivity index (χ2v) is 8.72. The first-order valence-electron chi connectivity index (χ1n) is 10.9. The minimum absolute atomic E-state index is 0.0706. The van der Waals surface area contributed by atoms with Crippen molar-refractivity contribution in [3.05, 3.63) is 30.1 Å². The number of hydrogen-bond acceptors (Lipinski definition) is 5. The van der Waals surface area contributed by atoms with Gasteiger partial charge in [0.05, 0.1) is 12.5 Å². The van der Waals surface area contributed by atoms with Gasteiger partial charge >= 0.3 is 0 Å². The van der Waals surface area contributed by atoms with Crippen molar-refractivity contribution < 1.29 is 14.3 Å². The predicted molar refractivity (Wildman–Crippen MR) is 109 cm³/mol. The second kappa shape index (κ2) is 9.67. The van der Waals surface area contributed by atoms with Gasteiger partial charge in [-0.2, -0.15) is 0 Å². The zero-order valence-electron chi connectivity index (χ0n) is 17.1. The van der Waals surface area contributed by atoms with E-state index in [-0.39, 0.29) is 30.9 Å². The molecule has 1 aromatic heterocycles. The number of nitrogens with zero attached hydrogens (tertiary/aromatic N) is 3. The molecule has 7 heteroatoms. The fourth-order valence-electron chi connectivity index (χ4n) is 4.27. The summed E-state index contributed by atoms with van der Waals surface area (Å²) < 4.78 is 5.65. The molecule has 1 N–H and O–H groups in total. The van der Waals surface area contributed by atoms with Crippen molar-refractivity contribution in [2.45, 2.75) is 38.2 Å². The molecule has 1 saturated carbocycles. The topological polar surface area (TPSA) is 74.8 Å². The van der Waals surface area contributed by atoms with Crippen LogP contribution in [-0.4, -0.2) is 78.6 Å². The molecule has 0 bridgehead atoms. The second-order valence-electron chi connectivity index (χ2n) is 8.72. The number of nitrogens with one attached hydrogen (secondary N) is 1. The molecular weight excluding hydrogens is 368 g/mol. The minimum atomic E-state index is -0.143. The predicted octanol–water partition coefficient (Wildman–Crippen LogP) is 1.09. The lowest BCUT2D eigenvalue weighted by Crippen LogP contribution is -2.52. The normalized spacial score (nSPS) is 23.9. The van der Waals surface area contributed by atoms with Crippen molar-refractivity contribution >= 4 is 11.8 Å². The average Bonchev–Trinajstić information content (AvgIpc) is 3.55. The summed E-state index contributed by atoms with van der Waals surface area (Å²) in [5.41, 5.74) is 0.749. The molecule has 3 fully saturated rings. The number of ether oxygens (including phenoxy) is 1. The number of carbonyl (C=O) groups excluding carboxylic acids is 2. The van der Waals surface area contributed by atoms with Crippen LogP contribution in [-0.2, 0) is 20.7 Å². The van der Waals surface area contributed by atoms with E-state index in [1.807, 2.05) is 23.1 Å². The third-order valence-electron chi connectivity index (χ3n) is 6.21. The Balaban J connectivity index is 1.18. The third kappa shape index (κ3) is 6.24. The highest BCUT2D eigenvalue weighted by molar-refractivity contribution is 5.79. The molecule has 3 aliphatic rings. The molecule has 0 aromatic carbocycles. The Labute approximate surface area is 172 Å². The molecule has 29 heavy (non-hydrogen) atoms. The highest BCUT2D eigenvalue weighted by Gasteiger charge is 2.31. The van der Waals surface area contributed by atoms with Gasteiger partial charge in [0.1, 0.15) is 6.61 Å². The number of carbonyl (C=O) groups is 2. The molecule has 1 aliphatic carbocycles. The number of morpholine rings is 1. The Kier molecular flexibility index (Phi) is 6.77. The molecule has 0 spiro atoms. The maximum Gasteiger partial charge on any atom is 0.248 e. The van der Waals surface area contributed by atoms with E-state index in [1.165, 1.54) is 32.2 Å². The van der Waals surface area contributed by atoms with Gasteiger partial charge in [-0.3, -0.25) is 14.6 Å². The van der Waals surface area contributed by atoms with Gasteiger partial charge in [0.15, 0.2) is 0 Å². The summed E-state index contributed by atoms with van der Waals surface area (Å²) in [6.07, 6.45) is 6.95. The molecule has 4 rings (SSSR count). The molecule has 1 unspecified atom stereocenters. The lowest BCUT2D eigenvalue weighted by molar-refractivity contribution is -0.150. The summed E-state index contributed by atoms with van der Waals surface area (Å²) in [6, 6.07) is 5.55. The van der Waals surface area contributed by atoms with E-state index in [9.17, 15) is 9.59 Å². The number of aromatic nitrogens is 1. The number of hydrogen-bond donors (Lipinski definition) is 1. The van der Waals surface area contributed by atoms with Crippen molar-refractivity contribution in [3.63, 3.8) is 0 Å². The summed E-state index contributed by atoms with van der Waals surface area (Å²) in [7, 11) is 0. The van der Waals surface area contributed by atoms with Crippen LogP contribution >= 0.6 is 0 Å². The van der Waals surface area contributed by atoms with Crippen molar-refractivity contribution in [1.29, 1.82) is 0 Å². The van der Waals surface area contributed by atoms with Crippen LogP contribution in [0.3, 0.4) is 0 Å². The molecule has 7 nitrogen and oxygen atoms in total.